The summed E-state index contributed by atoms with van der Waals surface area (Å²) in [5, 5.41) is 0.183. The van der Waals surface area contributed by atoms with Crippen molar-refractivity contribution in [3.8, 4) is 0 Å². The SMILES string of the molecule is O=C1CCN(c2c(F)cccc2Cl)C(=O)C1. The predicted octanol–water partition coefficient (Wildman–Crippen LogP) is 2.17. The van der Waals surface area contributed by atoms with Crippen LogP contribution in [0.1, 0.15) is 12.8 Å². The topological polar surface area (TPSA) is 37.4 Å². The summed E-state index contributed by atoms with van der Waals surface area (Å²) in [6, 6.07) is 4.23. The number of carbonyl (C=O) groups excluding carboxylic acids is 2. The number of para-hydroxylation sites is 1. The molecule has 16 heavy (non-hydrogen) atoms. The maximum atomic E-state index is 13.5. The van der Waals surface area contributed by atoms with Crippen LogP contribution < -0.4 is 4.90 Å². The van der Waals surface area contributed by atoms with Gasteiger partial charge in [-0.2, -0.15) is 0 Å². The second kappa shape index (κ2) is 4.22. The van der Waals surface area contributed by atoms with E-state index in [4.69, 9.17) is 11.6 Å². The summed E-state index contributed by atoms with van der Waals surface area (Å²) in [5.41, 5.74) is 0.0710. The zero-order valence-electron chi connectivity index (χ0n) is 8.37. The largest absolute Gasteiger partial charge is 0.308 e. The molecule has 0 aliphatic carbocycles. The van der Waals surface area contributed by atoms with Crippen molar-refractivity contribution < 1.29 is 14.0 Å². The van der Waals surface area contributed by atoms with Gasteiger partial charge in [-0.25, -0.2) is 4.39 Å². The lowest BCUT2D eigenvalue weighted by atomic mass is 10.1. The lowest BCUT2D eigenvalue weighted by Gasteiger charge is -2.27. The number of amides is 1. The van der Waals surface area contributed by atoms with E-state index in [0.717, 1.165) is 0 Å². The van der Waals surface area contributed by atoms with Gasteiger partial charge in [-0.1, -0.05) is 17.7 Å². The van der Waals surface area contributed by atoms with E-state index >= 15 is 0 Å². The molecule has 1 fully saturated rings. The molecule has 1 saturated heterocycles. The quantitative estimate of drug-likeness (QED) is 0.707. The molecule has 2 rings (SSSR count). The van der Waals surface area contributed by atoms with Crippen LogP contribution in [-0.4, -0.2) is 18.2 Å². The molecule has 0 unspecified atom stereocenters. The third-order valence-corrected chi connectivity index (χ3v) is 2.78. The third kappa shape index (κ3) is 1.93. The van der Waals surface area contributed by atoms with Crippen molar-refractivity contribution in [2.75, 3.05) is 11.4 Å². The Labute approximate surface area is 96.8 Å². The van der Waals surface area contributed by atoms with Crippen molar-refractivity contribution in [3.63, 3.8) is 0 Å². The zero-order valence-corrected chi connectivity index (χ0v) is 9.13. The highest BCUT2D eigenvalue weighted by atomic mass is 35.5. The Hall–Kier alpha value is -1.42. The Balaban J connectivity index is 2.37. The summed E-state index contributed by atoms with van der Waals surface area (Å²) < 4.78 is 13.5. The molecule has 1 aromatic carbocycles. The van der Waals surface area contributed by atoms with Gasteiger partial charge in [0.05, 0.1) is 17.1 Å². The number of Topliss-reactive ketones (excluding diaryl/α,β-unsaturated/α-hetero) is 1. The van der Waals surface area contributed by atoms with Gasteiger partial charge in [0, 0.05) is 13.0 Å². The van der Waals surface area contributed by atoms with E-state index in [-0.39, 0.29) is 35.9 Å². The normalized spacial score (nSPS) is 16.8. The molecule has 0 bridgehead atoms. The van der Waals surface area contributed by atoms with Crippen LogP contribution in [0, 0.1) is 5.82 Å². The number of hydrogen-bond acceptors (Lipinski definition) is 2. The molecule has 0 aromatic heterocycles. The van der Waals surface area contributed by atoms with Crippen LogP contribution in [0.3, 0.4) is 0 Å². The Bertz CT molecular complexity index is 441. The second-order valence-corrected chi connectivity index (χ2v) is 3.99. The molecule has 1 heterocycles. The molecule has 0 saturated carbocycles. The number of piperidine rings is 1. The van der Waals surface area contributed by atoms with Crippen LogP contribution in [0.25, 0.3) is 0 Å². The number of rotatable bonds is 1. The number of carbonyl (C=O) groups is 2. The average molecular weight is 242 g/mol. The van der Waals surface area contributed by atoms with E-state index in [1.165, 1.54) is 23.1 Å². The molecule has 0 radical (unpaired) electrons. The minimum atomic E-state index is -0.546. The average Bonchev–Trinajstić information content (AvgIpc) is 2.20. The Morgan fingerprint density at radius 1 is 1.31 bits per heavy atom. The number of halogens is 2. The van der Waals surface area contributed by atoms with E-state index in [2.05, 4.69) is 0 Å². The highest BCUT2D eigenvalue weighted by molar-refractivity contribution is 6.34. The molecule has 1 aliphatic rings. The number of ketones is 1. The summed E-state index contributed by atoms with van der Waals surface area (Å²) in [7, 11) is 0. The monoisotopic (exact) mass is 241 g/mol. The van der Waals surface area contributed by atoms with Gasteiger partial charge in [-0.15, -0.1) is 0 Å². The first-order chi connectivity index (χ1) is 7.59. The third-order valence-electron chi connectivity index (χ3n) is 2.47. The Kier molecular flexibility index (Phi) is 2.92. The van der Waals surface area contributed by atoms with Crippen LogP contribution >= 0.6 is 11.6 Å². The smallest absolute Gasteiger partial charge is 0.234 e. The highest BCUT2D eigenvalue weighted by Gasteiger charge is 2.28. The van der Waals surface area contributed by atoms with Crippen LogP contribution in [0.2, 0.25) is 5.02 Å². The lowest BCUT2D eigenvalue weighted by molar-refractivity contribution is -0.128. The highest BCUT2D eigenvalue weighted by Crippen LogP contribution is 2.30. The molecule has 0 atom stereocenters. The summed E-state index contributed by atoms with van der Waals surface area (Å²) in [5.74, 6) is -1.06. The van der Waals surface area contributed by atoms with Gasteiger partial charge in [0.1, 0.15) is 11.6 Å². The van der Waals surface area contributed by atoms with Crippen molar-refractivity contribution in [2.45, 2.75) is 12.8 Å². The van der Waals surface area contributed by atoms with E-state index in [0.29, 0.717) is 0 Å². The molecule has 0 N–H and O–H groups in total. The molecule has 1 amide bonds. The lowest BCUT2D eigenvalue weighted by Crippen LogP contribution is -2.39. The number of hydrogen-bond donors (Lipinski definition) is 0. The number of benzene rings is 1. The number of anilines is 1. The van der Waals surface area contributed by atoms with Gasteiger partial charge in [0.15, 0.2) is 0 Å². The fourth-order valence-electron chi connectivity index (χ4n) is 1.70. The van der Waals surface area contributed by atoms with E-state index in [9.17, 15) is 14.0 Å². The maximum Gasteiger partial charge on any atom is 0.234 e. The predicted molar refractivity (Wildman–Crippen MR) is 58.0 cm³/mol. The maximum absolute atomic E-state index is 13.5. The fourth-order valence-corrected chi connectivity index (χ4v) is 1.96. The summed E-state index contributed by atoms with van der Waals surface area (Å²) in [6.45, 7) is 0.193. The van der Waals surface area contributed by atoms with Crippen LogP contribution in [0.15, 0.2) is 18.2 Å². The standard InChI is InChI=1S/C11H9ClFNO2/c12-8-2-1-3-9(13)11(8)14-5-4-7(15)6-10(14)16/h1-3H,4-6H2. The first kappa shape index (κ1) is 11.1. The second-order valence-electron chi connectivity index (χ2n) is 3.58. The van der Waals surface area contributed by atoms with Gasteiger partial charge < -0.3 is 4.90 Å². The van der Waals surface area contributed by atoms with Crippen LogP contribution in [0.4, 0.5) is 10.1 Å². The molecule has 84 valence electrons. The van der Waals surface area contributed by atoms with Crippen LogP contribution in [0.5, 0.6) is 0 Å². The van der Waals surface area contributed by atoms with E-state index < -0.39 is 11.7 Å². The number of nitrogens with zero attached hydrogens (tertiary/aromatic N) is 1. The van der Waals surface area contributed by atoms with Crippen molar-refractivity contribution in [3.05, 3.63) is 29.0 Å². The summed E-state index contributed by atoms with van der Waals surface area (Å²) in [6.07, 6.45) is 0.0705. The molecule has 1 aliphatic heterocycles. The van der Waals surface area contributed by atoms with Crippen molar-refractivity contribution >= 4 is 29.0 Å². The summed E-state index contributed by atoms with van der Waals surface area (Å²) in [4.78, 5) is 23.9. The zero-order chi connectivity index (χ0) is 11.7. The first-order valence-electron chi connectivity index (χ1n) is 4.85. The van der Waals surface area contributed by atoms with Gasteiger partial charge in [-0.3, -0.25) is 9.59 Å². The van der Waals surface area contributed by atoms with Crippen molar-refractivity contribution in [2.24, 2.45) is 0 Å². The van der Waals surface area contributed by atoms with Gasteiger partial charge >= 0.3 is 0 Å². The first-order valence-corrected chi connectivity index (χ1v) is 5.23. The minimum Gasteiger partial charge on any atom is -0.308 e. The molecular weight excluding hydrogens is 233 g/mol. The molecule has 1 aromatic rings. The molecule has 5 heteroatoms. The minimum absolute atomic E-state index is 0.0710. The van der Waals surface area contributed by atoms with E-state index in [1.807, 2.05) is 0 Å². The molecule has 0 spiro atoms. The molecular formula is C11H9ClFNO2. The van der Waals surface area contributed by atoms with E-state index in [1.54, 1.807) is 0 Å². The Morgan fingerprint density at radius 2 is 2.06 bits per heavy atom. The van der Waals surface area contributed by atoms with Crippen molar-refractivity contribution in [1.82, 2.24) is 0 Å². The summed E-state index contributed by atoms with van der Waals surface area (Å²) >= 11 is 5.85. The van der Waals surface area contributed by atoms with Crippen molar-refractivity contribution in [1.29, 1.82) is 0 Å². The van der Waals surface area contributed by atoms with Gasteiger partial charge in [0.2, 0.25) is 5.91 Å². The van der Waals surface area contributed by atoms with Gasteiger partial charge in [-0.05, 0) is 12.1 Å². The Morgan fingerprint density at radius 3 is 2.69 bits per heavy atom. The van der Waals surface area contributed by atoms with Crippen LogP contribution in [-0.2, 0) is 9.59 Å². The van der Waals surface area contributed by atoms with Gasteiger partial charge in [0.25, 0.3) is 0 Å². The molecule has 3 nitrogen and oxygen atoms in total. The fraction of sp³-hybridized carbons (Fsp3) is 0.273.